The number of hydrogen-bond acceptors (Lipinski definition) is 3. The zero-order valence-electron chi connectivity index (χ0n) is 10.2. The minimum atomic E-state index is 0.0792. The Hall–Kier alpha value is -1.19. The van der Waals surface area contributed by atoms with Crippen LogP contribution in [0, 0.1) is 5.92 Å². The van der Waals surface area contributed by atoms with Gasteiger partial charge in [-0.05, 0) is 17.5 Å². The highest BCUT2D eigenvalue weighted by Gasteiger charge is 2.23. The Balaban J connectivity index is 1.98. The number of aliphatic hydroxyl groups is 1. The molecular formula is C14H19NO2. The van der Waals surface area contributed by atoms with E-state index in [2.05, 4.69) is 36.2 Å². The highest BCUT2D eigenvalue weighted by atomic mass is 16.5. The molecule has 0 saturated heterocycles. The Kier molecular flexibility index (Phi) is 4.29. The van der Waals surface area contributed by atoms with Crippen LogP contribution in [0.5, 0.6) is 0 Å². The van der Waals surface area contributed by atoms with Gasteiger partial charge in [-0.2, -0.15) is 0 Å². The van der Waals surface area contributed by atoms with Crippen molar-refractivity contribution in [2.75, 3.05) is 26.4 Å². The molecule has 1 aliphatic rings. The summed E-state index contributed by atoms with van der Waals surface area (Å²) < 4.78 is 5.21. The zero-order valence-corrected chi connectivity index (χ0v) is 10.2. The van der Waals surface area contributed by atoms with E-state index in [4.69, 9.17) is 9.84 Å². The van der Waals surface area contributed by atoms with E-state index in [0.29, 0.717) is 25.7 Å². The van der Waals surface area contributed by atoms with Gasteiger partial charge in [0, 0.05) is 11.6 Å². The maximum Gasteiger partial charge on any atom is 0.0698 e. The predicted octanol–water partition coefficient (Wildman–Crippen LogP) is 1.68. The van der Waals surface area contributed by atoms with Crippen LogP contribution in [-0.2, 0) is 11.2 Å². The number of fused-ring (bicyclic) bond motifs is 1. The molecule has 1 N–H and O–H groups in total. The van der Waals surface area contributed by atoms with Gasteiger partial charge in [0.15, 0.2) is 0 Å². The van der Waals surface area contributed by atoms with Crippen LogP contribution in [-0.4, -0.2) is 37.2 Å². The van der Waals surface area contributed by atoms with Gasteiger partial charge in [-0.15, -0.1) is 0 Å². The van der Waals surface area contributed by atoms with E-state index in [1.807, 2.05) is 0 Å². The molecule has 1 aromatic carbocycles. The van der Waals surface area contributed by atoms with E-state index >= 15 is 0 Å². The standard InChI is InChI=1S/C14H19NO2/c1-11-10-12-4-2-3-5-13(12)14(11)15-6-8-17-9-7-16/h2-5,11,16H,6-10H2,1H3/b15-14+. The smallest absolute Gasteiger partial charge is 0.0698 e. The summed E-state index contributed by atoms with van der Waals surface area (Å²) in [4.78, 5) is 4.63. The molecule has 1 aliphatic carbocycles. The normalized spacial score (nSPS) is 20.8. The van der Waals surface area contributed by atoms with Crippen LogP contribution in [0.2, 0.25) is 0 Å². The molecule has 0 fully saturated rings. The summed E-state index contributed by atoms with van der Waals surface area (Å²) in [6, 6.07) is 8.47. The van der Waals surface area contributed by atoms with E-state index in [0.717, 1.165) is 6.42 Å². The third kappa shape index (κ3) is 2.93. The molecule has 3 nitrogen and oxygen atoms in total. The highest BCUT2D eigenvalue weighted by Crippen LogP contribution is 2.26. The Labute approximate surface area is 102 Å². The quantitative estimate of drug-likeness (QED) is 0.786. The Morgan fingerprint density at radius 1 is 1.35 bits per heavy atom. The second-order valence-electron chi connectivity index (χ2n) is 4.37. The highest BCUT2D eigenvalue weighted by molar-refractivity contribution is 6.06. The van der Waals surface area contributed by atoms with Crippen LogP contribution in [0.15, 0.2) is 29.3 Å². The number of hydrogen-bond donors (Lipinski definition) is 1. The van der Waals surface area contributed by atoms with Gasteiger partial charge >= 0.3 is 0 Å². The maximum absolute atomic E-state index is 8.59. The molecule has 0 amide bonds. The lowest BCUT2D eigenvalue weighted by atomic mass is 10.1. The number of rotatable bonds is 5. The van der Waals surface area contributed by atoms with Crippen LogP contribution < -0.4 is 0 Å². The van der Waals surface area contributed by atoms with E-state index < -0.39 is 0 Å². The van der Waals surface area contributed by atoms with E-state index in [-0.39, 0.29) is 6.61 Å². The molecule has 3 heteroatoms. The number of ether oxygens (including phenoxy) is 1. The first-order chi connectivity index (χ1) is 8.33. The van der Waals surface area contributed by atoms with E-state index in [9.17, 15) is 0 Å². The minimum absolute atomic E-state index is 0.0792. The van der Waals surface area contributed by atoms with Crippen LogP contribution in [0.3, 0.4) is 0 Å². The fourth-order valence-electron chi connectivity index (χ4n) is 2.28. The second kappa shape index (κ2) is 5.94. The molecule has 2 rings (SSSR count). The van der Waals surface area contributed by atoms with E-state index in [1.54, 1.807) is 0 Å². The van der Waals surface area contributed by atoms with Crippen molar-refractivity contribution in [3.63, 3.8) is 0 Å². The first-order valence-electron chi connectivity index (χ1n) is 6.14. The summed E-state index contributed by atoms with van der Waals surface area (Å²) in [7, 11) is 0. The average molecular weight is 233 g/mol. The SMILES string of the molecule is CC1Cc2ccccc2/C1=N/CCOCCO. The monoisotopic (exact) mass is 233 g/mol. The van der Waals surface area contributed by atoms with Crippen molar-refractivity contribution in [1.82, 2.24) is 0 Å². The lowest BCUT2D eigenvalue weighted by Crippen LogP contribution is -2.09. The molecule has 1 atom stereocenters. The number of aliphatic imine (C=N–C) groups is 1. The summed E-state index contributed by atoms with van der Waals surface area (Å²) in [5, 5.41) is 8.59. The third-order valence-electron chi connectivity index (χ3n) is 3.04. The minimum Gasteiger partial charge on any atom is -0.394 e. The number of nitrogens with zero attached hydrogens (tertiary/aromatic N) is 1. The van der Waals surface area contributed by atoms with Crippen molar-refractivity contribution < 1.29 is 9.84 Å². The molecule has 92 valence electrons. The van der Waals surface area contributed by atoms with Crippen molar-refractivity contribution in [3.05, 3.63) is 35.4 Å². The van der Waals surface area contributed by atoms with Crippen molar-refractivity contribution in [2.24, 2.45) is 10.9 Å². The Morgan fingerprint density at radius 2 is 2.18 bits per heavy atom. The molecule has 0 radical (unpaired) electrons. The van der Waals surface area contributed by atoms with E-state index in [1.165, 1.54) is 16.8 Å². The van der Waals surface area contributed by atoms with Crippen molar-refractivity contribution in [3.8, 4) is 0 Å². The molecule has 0 bridgehead atoms. The first kappa shape index (κ1) is 12.3. The number of aliphatic hydroxyl groups excluding tert-OH is 1. The van der Waals surface area contributed by atoms with Gasteiger partial charge in [0.1, 0.15) is 0 Å². The maximum atomic E-state index is 8.59. The van der Waals surface area contributed by atoms with Crippen LogP contribution in [0.4, 0.5) is 0 Å². The topological polar surface area (TPSA) is 41.8 Å². The predicted molar refractivity (Wildman–Crippen MR) is 68.6 cm³/mol. The van der Waals surface area contributed by atoms with Crippen LogP contribution >= 0.6 is 0 Å². The summed E-state index contributed by atoms with van der Waals surface area (Å²) in [6.45, 7) is 3.95. The molecule has 1 unspecified atom stereocenters. The molecular weight excluding hydrogens is 214 g/mol. The molecule has 17 heavy (non-hydrogen) atoms. The Morgan fingerprint density at radius 3 is 3.00 bits per heavy atom. The first-order valence-corrected chi connectivity index (χ1v) is 6.14. The Bertz CT molecular complexity index is 401. The average Bonchev–Trinajstić information content (AvgIpc) is 2.65. The van der Waals surface area contributed by atoms with Crippen molar-refractivity contribution >= 4 is 5.71 Å². The van der Waals surface area contributed by atoms with Gasteiger partial charge in [0.25, 0.3) is 0 Å². The largest absolute Gasteiger partial charge is 0.394 e. The van der Waals surface area contributed by atoms with Gasteiger partial charge in [0.05, 0.1) is 26.4 Å². The molecule has 0 aromatic heterocycles. The molecule has 0 saturated carbocycles. The van der Waals surface area contributed by atoms with Crippen LogP contribution in [0.25, 0.3) is 0 Å². The summed E-state index contributed by atoms with van der Waals surface area (Å²) in [5.41, 5.74) is 3.89. The van der Waals surface area contributed by atoms with Crippen LogP contribution in [0.1, 0.15) is 18.1 Å². The molecule has 1 aromatic rings. The lowest BCUT2D eigenvalue weighted by Gasteiger charge is -2.05. The fraction of sp³-hybridized carbons (Fsp3) is 0.500. The van der Waals surface area contributed by atoms with Crippen molar-refractivity contribution in [1.29, 1.82) is 0 Å². The van der Waals surface area contributed by atoms with Gasteiger partial charge in [0.2, 0.25) is 0 Å². The lowest BCUT2D eigenvalue weighted by molar-refractivity contribution is 0.0978. The van der Waals surface area contributed by atoms with Gasteiger partial charge in [-0.1, -0.05) is 31.2 Å². The summed E-state index contributed by atoms with van der Waals surface area (Å²) in [6.07, 6.45) is 1.09. The fourth-order valence-corrected chi connectivity index (χ4v) is 2.28. The van der Waals surface area contributed by atoms with Crippen molar-refractivity contribution in [2.45, 2.75) is 13.3 Å². The second-order valence-corrected chi connectivity index (χ2v) is 4.37. The summed E-state index contributed by atoms with van der Waals surface area (Å²) in [5.74, 6) is 0.505. The molecule has 0 heterocycles. The van der Waals surface area contributed by atoms with Gasteiger partial charge in [-0.25, -0.2) is 0 Å². The van der Waals surface area contributed by atoms with Gasteiger partial charge < -0.3 is 9.84 Å². The zero-order chi connectivity index (χ0) is 12.1. The summed E-state index contributed by atoms with van der Waals surface area (Å²) >= 11 is 0. The molecule has 0 spiro atoms. The van der Waals surface area contributed by atoms with Gasteiger partial charge in [-0.3, -0.25) is 4.99 Å². The molecule has 0 aliphatic heterocycles. The third-order valence-corrected chi connectivity index (χ3v) is 3.04. The number of benzene rings is 1.